The molecule has 0 amide bonds. The zero-order valence-corrected chi connectivity index (χ0v) is 17.8. The van der Waals surface area contributed by atoms with E-state index in [0.29, 0.717) is 5.58 Å². The summed E-state index contributed by atoms with van der Waals surface area (Å²) in [4.78, 5) is 16.9. The molecule has 6 aromatic rings. The Morgan fingerprint density at radius 2 is 1.66 bits per heavy atom. The maximum absolute atomic E-state index is 12.2. The van der Waals surface area contributed by atoms with Crippen molar-refractivity contribution in [3.8, 4) is 16.3 Å². The Morgan fingerprint density at radius 1 is 0.844 bits per heavy atom. The number of benzene rings is 4. The molecule has 4 aromatic carbocycles. The highest BCUT2D eigenvalue weighted by molar-refractivity contribution is 7.21. The third kappa shape index (κ3) is 3.33. The van der Waals surface area contributed by atoms with Gasteiger partial charge in [-0.2, -0.15) is 0 Å². The van der Waals surface area contributed by atoms with E-state index in [9.17, 15) is 4.79 Å². The second-order valence-electron chi connectivity index (χ2n) is 7.55. The minimum absolute atomic E-state index is 0.279. The minimum Gasteiger partial charge on any atom is -0.489 e. The van der Waals surface area contributed by atoms with Crippen molar-refractivity contribution in [1.29, 1.82) is 0 Å². The highest BCUT2D eigenvalue weighted by atomic mass is 32.1. The zero-order valence-electron chi connectivity index (χ0n) is 16.9. The Kier molecular flexibility index (Phi) is 4.47. The molecule has 0 aliphatic heterocycles. The summed E-state index contributed by atoms with van der Waals surface area (Å²) in [7, 11) is 0. The largest absolute Gasteiger partial charge is 0.489 e. The van der Waals surface area contributed by atoms with Gasteiger partial charge in [0, 0.05) is 28.0 Å². The number of nitrogens with zero attached hydrogens (tertiary/aromatic N) is 1. The van der Waals surface area contributed by atoms with Crippen LogP contribution in [0.1, 0.15) is 5.56 Å². The molecule has 2 heterocycles. The van der Waals surface area contributed by atoms with Crippen molar-refractivity contribution in [3.63, 3.8) is 0 Å². The summed E-state index contributed by atoms with van der Waals surface area (Å²) in [5.74, 6) is 0.733. The van der Waals surface area contributed by atoms with Crippen molar-refractivity contribution in [2.75, 3.05) is 0 Å². The fraction of sp³-hybridized carbons (Fsp3) is 0.0370. The third-order valence-corrected chi connectivity index (χ3v) is 6.60. The van der Waals surface area contributed by atoms with Crippen LogP contribution in [0.3, 0.4) is 0 Å². The maximum Gasteiger partial charge on any atom is 0.336 e. The summed E-state index contributed by atoms with van der Waals surface area (Å²) < 4.78 is 12.7. The van der Waals surface area contributed by atoms with Gasteiger partial charge in [-0.1, -0.05) is 48.5 Å². The van der Waals surface area contributed by atoms with Gasteiger partial charge >= 0.3 is 5.63 Å². The third-order valence-electron chi connectivity index (χ3n) is 5.51. The van der Waals surface area contributed by atoms with E-state index in [1.807, 2.05) is 78.9 Å². The first-order valence-electron chi connectivity index (χ1n) is 10.3. The highest BCUT2D eigenvalue weighted by Crippen LogP contribution is 2.31. The lowest BCUT2D eigenvalue weighted by Crippen LogP contribution is -2.04. The number of fused-ring (bicyclic) bond motifs is 4. The topological polar surface area (TPSA) is 52.3 Å². The van der Waals surface area contributed by atoms with Gasteiger partial charge in [-0.3, -0.25) is 0 Å². The first kappa shape index (κ1) is 18.8. The monoisotopic (exact) mass is 435 g/mol. The van der Waals surface area contributed by atoms with E-state index in [1.54, 1.807) is 11.3 Å². The van der Waals surface area contributed by atoms with Gasteiger partial charge in [0.25, 0.3) is 0 Å². The molecule has 0 radical (unpaired) electrons. The van der Waals surface area contributed by atoms with E-state index in [4.69, 9.17) is 14.1 Å². The number of para-hydroxylation sites is 1. The summed E-state index contributed by atoms with van der Waals surface area (Å²) in [6.45, 7) is 0.279. The molecule has 0 fully saturated rings. The van der Waals surface area contributed by atoms with Crippen molar-refractivity contribution in [3.05, 3.63) is 107 Å². The summed E-state index contributed by atoms with van der Waals surface area (Å²) in [6, 6.07) is 29.4. The van der Waals surface area contributed by atoms with Gasteiger partial charge in [0.15, 0.2) is 0 Å². The van der Waals surface area contributed by atoms with Gasteiger partial charge in [0.05, 0.1) is 10.2 Å². The predicted octanol–water partition coefficient (Wildman–Crippen LogP) is 6.80. The average Bonchev–Trinajstić information content (AvgIpc) is 3.27. The fourth-order valence-corrected chi connectivity index (χ4v) is 4.90. The number of rotatable bonds is 4. The molecule has 0 spiro atoms. The maximum atomic E-state index is 12.2. The molecule has 32 heavy (non-hydrogen) atoms. The molecule has 2 aromatic heterocycles. The van der Waals surface area contributed by atoms with Crippen molar-refractivity contribution >= 4 is 43.3 Å². The zero-order chi connectivity index (χ0) is 21.5. The molecular formula is C27H17NO3S. The van der Waals surface area contributed by atoms with Crippen LogP contribution >= 0.6 is 11.3 Å². The predicted molar refractivity (Wildman–Crippen MR) is 129 cm³/mol. The van der Waals surface area contributed by atoms with Crippen LogP contribution in [0.4, 0.5) is 0 Å². The summed E-state index contributed by atoms with van der Waals surface area (Å²) in [5, 5.41) is 3.82. The van der Waals surface area contributed by atoms with Crippen LogP contribution in [0, 0.1) is 0 Å². The van der Waals surface area contributed by atoms with Crippen LogP contribution in [0.5, 0.6) is 5.75 Å². The molecule has 0 bridgehead atoms. The lowest BCUT2D eigenvalue weighted by atomic mass is 10.0. The lowest BCUT2D eigenvalue weighted by molar-refractivity contribution is 0.306. The molecule has 0 atom stereocenters. The summed E-state index contributed by atoms with van der Waals surface area (Å²) in [5.41, 5.74) is 3.09. The number of hydrogen-bond acceptors (Lipinski definition) is 5. The Hall–Kier alpha value is -3.96. The second kappa shape index (κ2) is 7.62. The van der Waals surface area contributed by atoms with Crippen LogP contribution in [-0.4, -0.2) is 4.98 Å². The van der Waals surface area contributed by atoms with Gasteiger partial charge in [0.1, 0.15) is 22.9 Å². The first-order valence-corrected chi connectivity index (χ1v) is 11.1. The van der Waals surface area contributed by atoms with Crippen LogP contribution < -0.4 is 10.4 Å². The quantitative estimate of drug-likeness (QED) is 0.226. The molecule has 0 unspecified atom stereocenters. The van der Waals surface area contributed by atoms with Crippen molar-refractivity contribution in [2.24, 2.45) is 0 Å². The molecule has 4 nitrogen and oxygen atoms in total. The van der Waals surface area contributed by atoms with Crippen molar-refractivity contribution in [1.82, 2.24) is 4.98 Å². The van der Waals surface area contributed by atoms with E-state index in [1.165, 1.54) is 10.8 Å². The molecule has 0 saturated heterocycles. The van der Waals surface area contributed by atoms with E-state index < -0.39 is 0 Å². The summed E-state index contributed by atoms with van der Waals surface area (Å²) >= 11 is 1.67. The molecular weight excluding hydrogens is 418 g/mol. The van der Waals surface area contributed by atoms with Gasteiger partial charge in [-0.05, 0) is 41.8 Å². The van der Waals surface area contributed by atoms with Crippen LogP contribution in [0.15, 0.2) is 100 Å². The van der Waals surface area contributed by atoms with E-state index in [2.05, 4.69) is 6.07 Å². The number of ether oxygens (including phenoxy) is 1. The number of hydrogen-bond donors (Lipinski definition) is 0. The molecule has 154 valence electrons. The van der Waals surface area contributed by atoms with Crippen LogP contribution in [0.2, 0.25) is 0 Å². The normalized spacial score (nSPS) is 11.4. The fourth-order valence-electron chi connectivity index (χ4n) is 3.93. The van der Waals surface area contributed by atoms with Crippen LogP contribution in [-0.2, 0) is 6.61 Å². The van der Waals surface area contributed by atoms with Gasteiger partial charge in [-0.25, -0.2) is 9.78 Å². The molecule has 5 heteroatoms. The Morgan fingerprint density at radius 3 is 2.53 bits per heavy atom. The van der Waals surface area contributed by atoms with Crippen LogP contribution in [0.25, 0.3) is 42.5 Å². The SMILES string of the molecule is O=c1cc(COc2ccc(-c3nc4ccccc4s3)cc2)c2ccc3ccccc3c2o1. The Balaban J connectivity index is 1.28. The molecule has 0 saturated carbocycles. The number of aromatic nitrogens is 1. The smallest absolute Gasteiger partial charge is 0.336 e. The minimum atomic E-state index is -0.376. The number of thiazole rings is 1. The molecule has 0 aliphatic carbocycles. The Bertz CT molecular complexity index is 1610. The van der Waals surface area contributed by atoms with E-state index in [0.717, 1.165) is 43.6 Å². The first-order chi connectivity index (χ1) is 15.7. The van der Waals surface area contributed by atoms with Gasteiger partial charge in [-0.15, -0.1) is 11.3 Å². The molecule has 0 aliphatic rings. The standard InChI is InChI=1S/C27H17NO3S/c29-25-15-19(22-14-11-17-5-1-2-6-21(17)26(22)31-25)16-30-20-12-9-18(10-13-20)27-28-23-7-3-4-8-24(23)32-27/h1-15H,16H2. The average molecular weight is 436 g/mol. The second-order valence-corrected chi connectivity index (χ2v) is 8.58. The molecule has 0 N–H and O–H groups in total. The van der Waals surface area contributed by atoms with Crippen molar-refractivity contribution < 1.29 is 9.15 Å². The van der Waals surface area contributed by atoms with Gasteiger partial charge in [0.2, 0.25) is 0 Å². The highest BCUT2D eigenvalue weighted by Gasteiger charge is 2.10. The van der Waals surface area contributed by atoms with Crippen molar-refractivity contribution in [2.45, 2.75) is 6.61 Å². The Labute approximate surface area is 187 Å². The van der Waals surface area contributed by atoms with E-state index >= 15 is 0 Å². The van der Waals surface area contributed by atoms with Gasteiger partial charge < -0.3 is 9.15 Å². The lowest BCUT2D eigenvalue weighted by Gasteiger charge is -2.10. The van der Waals surface area contributed by atoms with E-state index in [-0.39, 0.29) is 12.2 Å². The summed E-state index contributed by atoms with van der Waals surface area (Å²) in [6.07, 6.45) is 0. The molecule has 6 rings (SSSR count).